The van der Waals surface area contributed by atoms with E-state index in [2.05, 4.69) is 10.6 Å². The lowest BCUT2D eigenvalue weighted by Gasteiger charge is -2.27. The quantitative estimate of drug-likeness (QED) is 0.768. The number of nitrogens with two attached hydrogens (primary N) is 1. The van der Waals surface area contributed by atoms with Gasteiger partial charge in [0.25, 0.3) is 5.91 Å². The van der Waals surface area contributed by atoms with E-state index in [4.69, 9.17) is 10.5 Å². The predicted octanol–water partition coefficient (Wildman–Crippen LogP) is 1.47. The van der Waals surface area contributed by atoms with Gasteiger partial charge < -0.3 is 21.1 Å². The molecule has 2 atom stereocenters. The second kappa shape index (κ2) is 5.73. The lowest BCUT2D eigenvalue weighted by atomic mass is 9.84. The summed E-state index contributed by atoms with van der Waals surface area (Å²) >= 11 is 0. The van der Waals surface area contributed by atoms with Gasteiger partial charge in [0.15, 0.2) is 6.61 Å². The molecule has 6 heteroatoms. The summed E-state index contributed by atoms with van der Waals surface area (Å²) in [5.41, 5.74) is 7.25. The number of carbonyl (C=O) groups excluding carboxylic acids is 2. The average Bonchev–Trinajstić information content (AvgIpc) is 2.47. The van der Waals surface area contributed by atoms with Crippen molar-refractivity contribution in [3.8, 4) is 5.75 Å². The summed E-state index contributed by atoms with van der Waals surface area (Å²) in [5.74, 6) is 0.230. The van der Waals surface area contributed by atoms with E-state index in [0.717, 1.165) is 25.7 Å². The highest BCUT2D eigenvalue weighted by molar-refractivity contribution is 5.98. The van der Waals surface area contributed by atoms with Crippen molar-refractivity contribution in [2.24, 2.45) is 11.7 Å². The maximum atomic E-state index is 12.3. The van der Waals surface area contributed by atoms with E-state index in [9.17, 15) is 9.59 Å². The molecule has 4 N–H and O–H groups in total. The van der Waals surface area contributed by atoms with Gasteiger partial charge in [0.1, 0.15) is 5.75 Å². The fraction of sp³-hybridized carbons (Fsp3) is 0.467. The highest BCUT2D eigenvalue weighted by Crippen LogP contribution is 2.31. The van der Waals surface area contributed by atoms with Crippen molar-refractivity contribution in [2.75, 3.05) is 17.2 Å². The Balaban J connectivity index is 1.71. The van der Waals surface area contributed by atoms with Crippen molar-refractivity contribution >= 4 is 23.2 Å². The molecule has 6 nitrogen and oxygen atoms in total. The highest BCUT2D eigenvalue weighted by Gasteiger charge is 2.28. The molecular formula is C15H19N3O3. The molecule has 0 saturated heterocycles. The maximum absolute atomic E-state index is 12.3. The van der Waals surface area contributed by atoms with Gasteiger partial charge in [-0.1, -0.05) is 12.8 Å². The normalized spacial score (nSPS) is 24.5. The van der Waals surface area contributed by atoms with Crippen molar-refractivity contribution in [2.45, 2.75) is 31.7 Å². The van der Waals surface area contributed by atoms with E-state index in [0.29, 0.717) is 17.1 Å². The number of ether oxygens (including phenoxy) is 1. The van der Waals surface area contributed by atoms with E-state index >= 15 is 0 Å². The Labute approximate surface area is 123 Å². The first-order chi connectivity index (χ1) is 10.1. The number of benzene rings is 1. The highest BCUT2D eigenvalue weighted by atomic mass is 16.5. The van der Waals surface area contributed by atoms with Crippen LogP contribution in [-0.4, -0.2) is 24.5 Å². The van der Waals surface area contributed by atoms with Gasteiger partial charge in [-0.3, -0.25) is 9.59 Å². The van der Waals surface area contributed by atoms with Crippen LogP contribution >= 0.6 is 0 Å². The fourth-order valence-corrected chi connectivity index (χ4v) is 2.88. The number of amides is 2. The minimum absolute atomic E-state index is 0.0234. The Morgan fingerprint density at radius 3 is 2.95 bits per heavy atom. The van der Waals surface area contributed by atoms with Gasteiger partial charge in [0.2, 0.25) is 5.91 Å². The van der Waals surface area contributed by atoms with Crippen LogP contribution in [0.3, 0.4) is 0 Å². The van der Waals surface area contributed by atoms with Crippen molar-refractivity contribution in [1.82, 2.24) is 0 Å². The van der Waals surface area contributed by atoms with Gasteiger partial charge in [0, 0.05) is 11.7 Å². The topological polar surface area (TPSA) is 93.5 Å². The number of fused-ring (bicyclic) bond motifs is 1. The molecule has 3 rings (SSSR count). The zero-order valence-electron chi connectivity index (χ0n) is 11.7. The SMILES string of the molecule is NC1CCCCC1C(=O)Nc1ccc2c(c1)NC(=O)CO2. The Hall–Kier alpha value is -2.08. The van der Waals surface area contributed by atoms with E-state index in [1.54, 1.807) is 18.2 Å². The van der Waals surface area contributed by atoms with Gasteiger partial charge in [-0.05, 0) is 31.0 Å². The third-order valence-electron chi connectivity index (χ3n) is 4.04. The van der Waals surface area contributed by atoms with Gasteiger partial charge in [-0.2, -0.15) is 0 Å². The maximum Gasteiger partial charge on any atom is 0.262 e. The molecule has 0 spiro atoms. The first-order valence-electron chi connectivity index (χ1n) is 7.26. The van der Waals surface area contributed by atoms with E-state index in [-0.39, 0.29) is 30.4 Å². The summed E-state index contributed by atoms with van der Waals surface area (Å²) in [4.78, 5) is 23.6. The standard InChI is InChI=1S/C15H19N3O3/c16-11-4-2-1-3-10(11)15(20)17-9-5-6-13-12(7-9)18-14(19)8-21-13/h5-7,10-11H,1-4,8,16H2,(H,17,20)(H,18,19). The molecule has 2 unspecified atom stereocenters. The molecule has 1 heterocycles. The molecule has 1 aliphatic carbocycles. The first kappa shape index (κ1) is 13.9. The minimum atomic E-state index is -0.194. The molecule has 112 valence electrons. The Morgan fingerprint density at radius 2 is 2.14 bits per heavy atom. The lowest BCUT2D eigenvalue weighted by Crippen LogP contribution is -2.40. The molecule has 0 radical (unpaired) electrons. The third kappa shape index (κ3) is 3.00. The number of hydrogen-bond donors (Lipinski definition) is 3. The lowest BCUT2D eigenvalue weighted by molar-refractivity contribution is -0.121. The van der Waals surface area contributed by atoms with Crippen LogP contribution in [0.2, 0.25) is 0 Å². The van der Waals surface area contributed by atoms with Gasteiger partial charge >= 0.3 is 0 Å². The molecular weight excluding hydrogens is 270 g/mol. The summed E-state index contributed by atoms with van der Waals surface area (Å²) in [6.07, 6.45) is 3.86. The average molecular weight is 289 g/mol. The van der Waals surface area contributed by atoms with Crippen molar-refractivity contribution < 1.29 is 14.3 Å². The van der Waals surface area contributed by atoms with Crippen LogP contribution in [0.5, 0.6) is 5.75 Å². The van der Waals surface area contributed by atoms with E-state index in [1.807, 2.05) is 0 Å². The number of rotatable bonds is 2. The summed E-state index contributed by atoms with van der Waals surface area (Å²) in [7, 11) is 0. The summed E-state index contributed by atoms with van der Waals surface area (Å²) < 4.78 is 5.28. The van der Waals surface area contributed by atoms with Gasteiger partial charge in [-0.25, -0.2) is 0 Å². The smallest absolute Gasteiger partial charge is 0.262 e. The van der Waals surface area contributed by atoms with Crippen molar-refractivity contribution in [1.29, 1.82) is 0 Å². The predicted molar refractivity (Wildman–Crippen MR) is 79.1 cm³/mol. The van der Waals surface area contributed by atoms with Crippen LogP contribution in [0.1, 0.15) is 25.7 Å². The minimum Gasteiger partial charge on any atom is -0.482 e. The van der Waals surface area contributed by atoms with Crippen LogP contribution in [0.15, 0.2) is 18.2 Å². The summed E-state index contributed by atoms with van der Waals surface area (Å²) in [6, 6.07) is 5.14. The van der Waals surface area contributed by atoms with Crippen LogP contribution < -0.4 is 21.1 Å². The third-order valence-corrected chi connectivity index (χ3v) is 4.04. The van der Waals surface area contributed by atoms with Crippen LogP contribution in [-0.2, 0) is 9.59 Å². The largest absolute Gasteiger partial charge is 0.482 e. The van der Waals surface area contributed by atoms with E-state index in [1.165, 1.54) is 0 Å². The molecule has 2 aliphatic rings. The van der Waals surface area contributed by atoms with Gasteiger partial charge in [-0.15, -0.1) is 0 Å². The second-order valence-corrected chi connectivity index (χ2v) is 5.59. The molecule has 1 aromatic rings. The summed E-state index contributed by atoms with van der Waals surface area (Å²) in [5, 5.41) is 5.60. The molecule has 0 aromatic heterocycles. The number of nitrogens with one attached hydrogen (secondary N) is 2. The zero-order chi connectivity index (χ0) is 14.8. The molecule has 1 aliphatic heterocycles. The first-order valence-corrected chi connectivity index (χ1v) is 7.26. The van der Waals surface area contributed by atoms with Crippen LogP contribution in [0, 0.1) is 5.92 Å². The molecule has 1 saturated carbocycles. The zero-order valence-corrected chi connectivity index (χ0v) is 11.7. The van der Waals surface area contributed by atoms with Crippen LogP contribution in [0.4, 0.5) is 11.4 Å². The molecule has 0 bridgehead atoms. The van der Waals surface area contributed by atoms with Crippen molar-refractivity contribution in [3.63, 3.8) is 0 Å². The van der Waals surface area contributed by atoms with Crippen LogP contribution in [0.25, 0.3) is 0 Å². The molecule has 1 fully saturated rings. The van der Waals surface area contributed by atoms with Gasteiger partial charge in [0.05, 0.1) is 11.6 Å². The Kier molecular flexibility index (Phi) is 3.79. The molecule has 2 amide bonds. The van der Waals surface area contributed by atoms with E-state index < -0.39 is 0 Å². The fourth-order valence-electron chi connectivity index (χ4n) is 2.88. The summed E-state index contributed by atoms with van der Waals surface area (Å²) in [6.45, 7) is 0.0234. The number of hydrogen-bond acceptors (Lipinski definition) is 4. The van der Waals surface area contributed by atoms with Crippen molar-refractivity contribution in [3.05, 3.63) is 18.2 Å². The molecule has 21 heavy (non-hydrogen) atoms. The Morgan fingerprint density at radius 1 is 1.33 bits per heavy atom. The monoisotopic (exact) mass is 289 g/mol. The molecule has 1 aromatic carbocycles. The number of anilines is 2. The second-order valence-electron chi connectivity index (χ2n) is 5.59. The number of carbonyl (C=O) groups is 2. The Bertz CT molecular complexity index is 573.